The van der Waals surface area contributed by atoms with Crippen LogP contribution in [0, 0.1) is 0 Å². The summed E-state index contributed by atoms with van der Waals surface area (Å²) in [6.45, 7) is 2.88. The number of rotatable bonds is 15. The number of amides is 1. The van der Waals surface area contributed by atoms with Crippen LogP contribution in [0.15, 0.2) is 0 Å². The molecule has 0 aliphatic carbocycles. The van der Waals surface area contributed by atoms with E-state index in [0.717, 1.165) is 19.3 Å². The highest BCUT2D eigenvalue weighted by atomic mass is 16.4. The molecule has 1 heterocycles. The van der Waals surface area contributed by atoms with E-state index in [0.29, 0.717) is 19.4 Å². The predicted molar refractivity (Wildman–Crippen MR) is 103 cm³/mol. The van der Waals surface area contributed by atoms with Crippen LogP contribution in [0.2, 0.25) is 0 Å². The number of carbonyl (C=O) groups is 2. The summed E-state index contributed by atoms with van der Waals surface area (Å²) >= 11 is 0. The SMILES string of the molecule is CCCCCCCCCCCCCCCC(=O)N1CCC[C@@H]1C(=O)O. The Bertz CT molecular complexity index is 370. The number of hydrogen-bond acceptors (Lipinski definition) is 2. The minimum absolute atomic E-state index is 0.0352. The molecule has 0 spiro atoms. The van der Waals surface area contributed by atoms with E-state index in [4.69, 9.17) is 5.11 Å². The Kier molecular flexibility index (Phi) is 12.4. The summed E-state index contributed by atoms with van der Waals surface area (Å²) in [6, 6.07) is -0.575. The number of carboxylic acids is 1. The second-order valence-electron chi connectivity index (χ2n) is 7.58. The molecule has 0 bridgehead atoms. The van der Waals surface area contributed by atoms with Crippen LogP contribution in [0.3, 0.4) is 0 Å². The molecule has 1 atom stereocenters. The number of carboxylic acid groups (broad SMARTS) is 1. The number of aliphatic carboxylic acids is 1. The number of carbonyl (C=O) groups excluding carboxylic acids is 1. The minimum atomic E-state index is -0.851. The summed E-state index contributed by atoms with van der Waals surface area (Å²) in [5, 5.41) is 9.12. The fourth-order valence-corrected chi connectivity index (χ4v) is 3.76. The molecule has 0 saturated carbocycles. The van der Waals surface area contributed by atoms with Gasteiger partial charge >= 0.3 is 5.97 Å². The van der Waals surface area contributed by atoms with Crippen molar-refractivity contribution in [1.29, 1.82) is 0 Å². The zero-order valence-corrected chi connectivity index (χ0v) is 16.3. The van der Waals surface area contributed by atoms with Crippen LogP contribution in [0.4, 0.5) is 0 Å². The van der Waals surface area contributed by atoms with E-state index >= 15 is 0 Å². The Morgan fingerprint density at radius 2 is 1.32 bits per heavy atom. The van der Waals surface area contributed by atoms with Crippen LogP contribution in [-0.2, 0) is 9.59 Å². The highest BCUT2D eigenvalue weighted by Crippen LogP contribution is 2.19. The van der Waals surface area contributed by atoms with Crippen molar-refractivity contribution in [3.8, 4) is 0 Å². The summed E-state index contributed by atoms with van der Waals surface area (Å²) < 4.78 is 0. The van der Waals surface area contributed by atoms with Crippen molar-refractivity contribution in [1.82, 2.24) is 4.90 Å². The summed E-state index contributed by atoms with van der Waals surface area (Å²) in [5.74, 6) is -0.816. The molecular weight excluding hydrogens is 314 g/mol. The van der Waals surface area contributed by atoms with Gasteiger partial charge in [-0.2, -0.15) is 0 Å². The Labute approximate surface area is 154 Å². The van der Waals surface area contributed by atoms with E-state index in [1.54, 1.807) is 4.90 Å². The van der Waals surface area contributed by atoms with E-state index in [9.17, 15) is 9.59 Å². The van der Waals surface area contributed by atoms with Crippen LogP contribution in [-0.4, -0.2) is 34.5 Å². The molecule has 0 unspecified atom stereocenters. The zero-order chi connectivity index (χ0) is 18.3. The average molecular weight is 354 g/mol. The van der Waals surface area contributed by atoms with Gasteiger partial charge in [0.15, 0.2) is 0 Å². The van der Waals surface area contributed by atoms with Gasteiger partial charge in [0.25, 0.3) is 0 Å². The lowest BCUT2D eigenvalue weighted by Gasteiger charge is -2.21. The van der Waals surface area contributed by atoms with Gasteiger partial charge in [0, 0.05) is 13.0 Å². The van der Waals surface area contributed by atoms with Gasteiger partial charge in [-0.15, -0.1) is 0 Å². The predicted octanol–water partition coefficient (Wildman–Crippen LogP) is 5.54. The lowest BCUT2D eigenvalue weighted by Crippen LogP contribution is -2.40. The minimum Gasteiger partial charge on any atom is -0.480 e. The third kappa shape index (κ3) is 9.86. The van der Waals surface area contributed by atoms with Crippen LogP contribution in [0.1, 0.15) is 110 Å². The number of nitrogens with zero attached hydrogens (tertiary/aromatic N) is 1. The van der Waals surface area contributed by atoms with Crippen LogP contribution in [0.5, 0.6) is 0 Å². The zero-order valence-electron chi connectivity index (χ0n) is 16.3. The van der Waals surface area contributed by atoms with E-state index in [2.05, 4.69) is 6.92 Å². The molecular formula is C21H39NO3. The van der Waals surface area contributed by atoms with Gasteiger partial charge < -0.3 is 10.0 Å². The molecule has 1 aliphatic rings. The van der Waals surface area contributed by atoms with Crippen molar-refractivity contribution in [2.45, 2.75) is 116 Å². The van der Waals surface area contributed by atoms with Crippen LogP contribution >= 0.6 is 0 Å². The highest BCUT2D eigenvalue weighted by Gasteiger charge is 2.33. The smallest absolute Gasteiger partial charge is 0.326 e. The molecule has 1 aliphatic heterocycles. The van der Waals surface area contributed by atoms with Crippen molar-refractivity contribution < 1.29 is 14.7 Å². The maximum absolute atomic E-state index is 12.1. The van der Waals surface area contributed by atoms with Gasteiger partial charge in [-0.1, -0.05) is 84.0 Å². The molecule has 0 aromatic carbocycles. The Hall–Kier alpha value is -1.06. The second kappa shape index (κ2) is 14.1. The van der Waals surface area contributed by atoms with Gasteiger partial charge in [-0.3, -0.25) is 4.79 Å². The molecule has 4 nitrogen and oxygen atoms in total. The maximum atomic E-state index is 12.1. The first-order chi connectivity index (χ1) is 12.2. The largest absolute Gasteiger partial charge is 0.480 e. The first-order valence-corrected chi connectivity index (χ1v) is 10.7. The van der Waals surface area contributed by atoms with E-state index in [-0.39, 0.29) is 5.91 Å². The van der Waals surface area contributed by atoms with Crippen molar-refractivity contribution in [2.24, 2.45) is 0 Å². The highest BCUT2D eigenvalue weighted by molar-refractivity contribution is 5.84. The molecule has 0 aromatic heterocycles. The molecule has 25 heavy (non-hydrogen) atoms. The Morgan fingerprint density at radius 1 is 0.840 bits per heavy atom. The van der Waals surface area contributed by atoms with Crippen molar-refractivity contribution in [3.05, 3.63) is 0 Å². The summed E-state index contributed by atoms with van der Waals surface area (Å²) in [5.41, 5.74) is 0. The molecule has 0 radical (unpaired) electrons. The first kappa shape index (κ1) is 22.0. The molecule has 1 rings (SSSR count). The third-order valence-electron chi connectivity index (χ3n) is 5.35. The van der Waals surface area contributed by atoms with E-state index in [1.807, 2.05) is 0 Å². The van der Waals surface area contributed by atoms with Gasteiger partial charge in [-0.05, 0) is 19.3 Å². The van der Waals surface area contributed by atoms with Gasteiger partial charge in [-0.25, -0.2) is 4.79 Å². The molecule has 0 aromatic rings. The summed E-state index contributed by atoms with van der Waals surface area (Å²) in [4.78, 5) is 24.8. The Morgan fingerprint density at radius 3 is 1.80 bits per heavy atom. The van der Waals surface area contributed by atoms with Crippen molar-refractivity contribution >= 4 is 11.9 Å². The normalized spacial score (nSPS) is 17.2. The molecule has 4 heteroatoms. The average Bonchev–Trinajstić information content (AvgIpc) is 3.09. The summed E-state index contributed by atoms with van der Waals surface area (Å²) in [7, 11) is 0. The topological polar surface area (TPSA) is 57.6 Å². The molecule has 1 N–H and O–H groups in total. The van der Waals surface area contributed by atoms with Crippen LogP contribution < -0.4 is 0 Å². The Balaban J connectivity index is 1.88. The third-order valence-corrected chi connectivity index (χ3v) is 5.35. The molecule has 1 amide bonds. The van der Waals surface area contributed by atoms with Gasteiger partial charge in [0.05, 0.1) is 0 Å². The second-order valence-corrected chi connectivity index (χ2v) is 7.58. The number of likely N-dealkylation sites (tertiary alicyclic amines) is 1. The monoisotopic (exact) mass is 353 g/mol. The first-order valence-electron chi connectivity index (χ1n) is 10.7. The van der Waals surface area contributed by atoms with Crippen molar-refractivity contribution in [3.63, 3.8) is 0 Å². The fraction of sp³-hybridized carbons (Fsp3) is 0.905. The standard InChI is InChI=1S/C21H39NO3/c1-2-3-4-5-6-7-8-9-10-11-12-13-14-17-20(23)22-18-15-16-19(22)21(24)25/h19H,2-18H2,1H3,(H,24,25)/t19-/m1/s1. The molecule has 1 fully saturated rings. The fourth-order valence-electron chi connectivity index (χ4n) is 3.76. The lowest BCUT2D eigenvalue weighted by atomic mass is 10.0. The van der Waals surface area contributed by atoms with Crippen LogP contribution in [0.25, 0.3) is 0 Å². The lowest BCUT2D eigenvalue weighted by molar-refractivity contribution is -0.148. The number of unbranched alkanes of at least 4 members (excludes halogenated alkanes) is 12. The van der Waals surface area contributed by atoms with Gasteiger partial charge in [0.2, 0.25) is 5.91 Å². The maximum Gasteiger partial charge on any atom is 0.326 e. The molecule has 1 saturated heterocycles. The van der Waals surface area contributed by atoms with Crippen molar-refractivity contribution in [2.75, 3.05) is 6.54 Å². The molecule has 146 valence electrons. The number of hydrogen-bond donors (Lipinski definition) is 1. The van der Waals surface area contributed by atoms with Gasteiger partial charge in [0.1, 0.15) is 6.04 Å². The van der Waals surface area contributed by atoms with E-state index in [1.165, 1.54) is 70.6 Å². The summed E-state index contributed by atoms with van der Waals surface area (Å²) in [6.07, 6.45) is 18.7. The van der Waals surface area contributed by atoms with E-state index < -0.39 is 12.0 Å². The quantitative estimate of drug-likeness (QED) is 0.393.